The van der Waals surface area contributed by atoms with E-state index in [1.807, 2.05) is 117 Å². The lowest BCUT2D eigenvalue weighted by Gasteiger charge is -2.24. The summed E-state index contributed by atoms with van der Waals surface area (Å²) in [6.45, 7) is 23.2. The van der Waals surface area contributed by atoms with E-state index in [-0.39, 0.29) is 53.1 Å². The van der Waals surface area contributed by atoms with Gasteiger partial charge in [0.15, 0.2) is 23.8 Å². The second-order valence-corrected chi connectivity index (χ2v) is 43.9. The second-order valence-electron chi connectivity index (χ2n) is 36.3. The van der Waals surface area contributed by atoms with Crippen molar-refractivity contribution >= 4 is 121 Å². The summed E-state index contributed by atoms with van der Waals surface area (Å²) < 4.78 is 132. The monoisotopic (exact) mass is 2180 g/mol. The molecule has 7 amide bonds. The van der Waals surface area contributed by atoms with Crippen LogP contribution in [0.3, 0.4) is 0 Å². The molecule has 31 nitrogen and oxygen atoms in total. The maximum Gasteiger partial charge on any atom is 0.436 e. The van der Waals surface area contributed by atoms with Gasteiger partial charge in [-0.15, -0.1) is 84.0 Å². The normalized spacial score (nSPS) is 12.7. The van der Waals surface area contributed by atoms with Crippen molar-refractivity contribution < 1.29 is 82.5 Å². The lowest BCUT2D eigenvalue weighted by molar-refractivity contribution is -0.740. The van der Waals surface area contributed by atoms with Crippen LogP contribution in [0.5, 0.6) is 0 Å². The van der Waals surface area contributed by atoms with Crippen LogP contribution in [-0.2, 0) is 36.4 Å². The summed E-state index contributed by atoms with van der Waals surface area (Å²) >= 11 is 9.45. The highest BCUT2D eigenvalue weighted by atomic mass is 32.1. The van der Waals surface area contributed by atoms with Gasteiger partial charge in [0.25, 0.3) is 41.4 Å². The van der Waals surface area contributed by atoms with Gasteiger partial charge in [0.1, 0.15) is 27.7 Å². The molecule has 0 aromatic carbocycles. The van der Waals surface area contributed by atoms with Crippen LogP contribution in [0, 0.1) is 27.7 Å². The zero-order valence-electron chi connectivity index (χ0n) is 86.4. The number of rotatable bonds is 22. The molecule has 47 heteroatoms. The van der Waals surface area contributed by atoms with E-state index in [1.165, 1.54) is 92.1 Å². The van der Waals surface area contributed by atoms with Crippen molar-refractivity contribution in [3.8, 4) is 79.8 Å². The summed E-state index contributed by atoms with van der Waals surface area (Å²) in [6.07, 6.45) is -7.98. The van der Waals surface area contributed by atoms with Crippen LogP contribution in [0.4, 0.5) is 39.5 Å². The van der Waals surface area contributed by atoms with E-state index < -0.39 is 35.6 Å². The average molecular weight is 2180 g/mol. The van der Waals surface area contributed by atoms with E-state index in [2.05, 4.69) is 105 Å². The molecule has 0 atom stereocenters. The molecule has 0 radical (unpaired) electrons. The number of nitrogens with one attached hydrogen (secondary N) is 2. The number of carbonyl (C=O) groups excluding carboxylic acids is 7. The minimum absolute atomic E-state index is 0.00815. The van der Waals surface area contributed by atoms with Crippen molar-refractivity contribution in [1.82, 2.24) is 108 Å². The van der Waals surface area contributed by atoms with Crippen LogP contribution >= 0.6 is 79.4 Å². The first kappa shape index (κ1) is 115. The number of nitrogens with zero attached hydrogens (tertiary/aromatic N) is 21. The van der Waals surface area contributed by atoms with Gasteiger partial charge in [-0.3, -0.25) is 62.3 Å². The molecule has 1 saturated heterocycles. The van der Waals surface area contributed by atoms with E-state index in [9.17, 15) is 73.1 Å². The van der Waals surface area contributed by atoms with E-state index >= 15 is 0 Å². The number of morpholine rings is 1. The number of H-pyrrole nitrogens is 2. The number of aromatic nitrogens is 15. The third kappa shape index (κ3) is 29.8. The maximum absolute atomic E-state index is 13.2. The van der Waals surface area contributed by atoms with E-state index in [0.717, 1.165) is 160 Å². The predicted molar refractivity (Wildman–Crippen MR) is 564 cm³/mol. The highest BCUT2D eigenvalue weighted by Crippen LogP contribution is 2.43. The van der Waals surface area contributed by atoms with Gasteiger partial charge in [-0.05, 0) is 209 Å². The summed E-state index contributed by atoms with van der Waals surface area (Å²) in [5.41, 5.74) is 6.56. The molecule has 17 rings (SSSR count). The van der Waals surface area contributed by atoms with Gasteiger partial charge >= 0.3 is 18.5 Å². The maximum atomic E-state index is 13.2. The lowest BCUT2D eigenvalue weighted by atomic mass is 10.2. The van der Waals surface area contributed by atoms with Gasteiger partial charge in [-0.1, -0.05) is 18.9 Å². The molecule has 1 aliphatic carbocycles. The number of amides is 7. The average Bonchev–Trinajstić information content (AvgIpc) is 1.63. The Hall–Kier alpha value is -12.9. The fourth-order valence-electron chi connectivity index (χ4n) is 15.0. The van der Waals surface area contributed by atoms with E-state index in [0.29, 0.717) is 83.9 Å². The number of thiophene rings is 7. The fraction of sp³-hybridized carbons (Fsp3) is 0.396. The zero-order chi connectivity index (χ0) is 109. The molecule has 0 unspecified atom stereocenters. The van der Waals surface area contributed by atoms with Crippen LogP contribution in [0.2, 0.25) is 0 Å². The third-order valence-corrected chi connectivity index (χ3v) is 30.2. The van der Waals surface area contributed by atoms with Crippen molar-refractivity contribution in [2.75, 3.05) is 132 Å². The lowest BCUT2D eigenvalue weighted by Crippen LogP contribution is -2.46. The standard InChI is InChI=1S/C17H21F3N4O2S.C16H18F3N3OS.C16H16N4OS.2C14H19N3OS.C13H17N3OS.C11H10F3N3OS/c1-22(2)16(25)14-4-3-13(27-14)12-11-15(17(18,19)20)21-24(12)6-5-23-7-9-26-10-8-23;1-21(2)15(23)13-8-7-12(24-13)11-9-14(16(17,18)19)20-22(11)10-5-3-4-6-10;1-11-10-12(20(18-11)15-6-4-5-9-17-15)13-7-8-14(22-13)16(21)19(2)3;1-9(2)17-10(3)8-11(15-17)12-6-7-13(19-12)14(18)16(4)5;1-9(2)17-11(8-10(3)15-17)12-6-7-13(19-12)14(18)16(4)5;1-5-16-9(2)8-10(14-16)11-6-7-12(18-11)13(17)15(3)4;1-17(2)10(18)8-4-3-7(19-8)6-5-9(16-15-6)11(12,13)14/h3-4,11H,5-10H2,1-2H3;7-10H,3-6H2,1-2H3;4-10H,1-3H3;2*6-9H,1-5H3;6-8H,5H2,1-4H3;3-5H,1-2H3,(H,15,16)/p+1. The van der Waals surface area contributed by atoms with Crippen LogP contribution in [0.15, 0.2) is 152 Å². The molecule has 148 heavy (non-hydrogen) atoms. The highest BCUT2D eigenvalue weighted by Gasteiger charge is 2.40. The van der Waals surface area contributed by atoms with Crippen LogP contribution in [0.25, 0.3) is 79.8 Å². The molecule has 1 aliphatic heterocycles. The molecular weight excluding hydrogens is 2060 g/mol. The number of aromatic amines is 2. The molecule has 0 spiro atoms. The predicted octanol–water partition coefficient (Wildman–Crippen LogP) is 21.4. The topological polar surface area (TPSA) is 305 Å². The number of hydrogen-bond donors (Lipinski definition) is 2. The molecule has 15 aromatic rings. The van der Waals surface area contributed by atoms with Crippen LogP contribution in [0.1, 0.15) is 186 Å². The van der Waals surface area contributed by atoms with Gasteiger partial charge in [0.2, 0.25) is 5.69 Å². The van der Waals surface area contributed by atoms with Gasteiger partial charge in [0.05, 0.1) is 118 Å². The summed E-state index contributed by atoms with van der Waals surface area (Å²) in [5.74, 6) is 0.379. The molecule has 2 N–H and O–H groups in total. The van der Waals surface area contributed by atoms with E-state index in [1.54, 1.807) is 161 Å². The summed E-state index contributed by atoms with van der Waals surface area (Å²) in [6, 6.07) is 42.9. The van der Waals surface area contributed by atoms with Crippen molar-refractivity contribution in [3.63, 3.8) is 0 Å². The highest BCUT2D eigenvalue weighted by molar-refractivity contribution is 7.19. The Morgan fingerprint density at radius 2 is 0.824 bits per heavy atom. The number of alkyl halides is 9. The molecule has 16 heterocycles. The minimum Gasteiger partial charge on any atom is -0.379 e. The number of halogens is 9. The number of aryl methyl sites for hydroxylation is 5. The SMILES string of the molecule is CCn1nc(-c2ccc(C(=O)N(C)C)s2)cc1C.CN(C)C(=O)c1ccc(-c2cc(C(F)(F)F)[nH][n+]2CCN2CCOCC2)s1.CN(C)C(=O)c1ccc(-c2cc(C(F)(F)F)[nH]n2)s1.CN(C)C(=O)c1ccc(-c2cc(C(F)(F)F)nn2C2CCCC2)s1.Cc1cc(-c2ccc(C(=O)N(C)C)s2)n(-c2ccccn2)n1.Cc1cc(-c2ccc(C(=O)N(C)C)s2)n(C(C)C)n1.Cc1cc(-c2ccc(C(=O)N(C)C)s2)nn1C(C)C. The first-order chi connectivity index (χ1) is 69.7. The summed E-state index contributed by atoms with van der Waals surface area (Å²) in [4.78, 5) is 111. The Bertz CT molecular complexity index is 7000. The van der Waals surface area contributed by atoms with Crippen LogP contribution in [-0.4, -0.2) is 281 Å². The van der Waals surface area contributed by atoms with Crippen molar-refractivity contribution in [2.24, 2.45) is 0 Å². The second kappa shape index (κ2) is 50.4. The van der Waals surface area contributed by atoms with Crippen molar-refractivity contribution in [3.05, 3.63) is 226 Å². The molecule has 2 fully saturated rings. The minimum atomic E-state index is -4.47. The van der Waals surface area contributed by atoms with Gasteiger partial charge in [-0.2, -0.15) is 75.2 Å². The molecule has 792 valence electrons. The number of hydrogen-bond acceptors (Lipinski definition) is 23. The van der Waals surface area contributed by atoms with Crippen molar-refractivity contribution in [1.29, 1.82) is 0 Å². The summed E-state index contributed by atoms with van der Waals surface area (Å²) in [7, 11) is 23.9. The molecule has 0 bridgehead atoms. The molecule has 2 aliphatic rings. The Balaban J connectivity index is 0.000000165. The quantitative estimate of drug-likeness (QED) is 0.0470. The van der Waals surface area contributed by atoms with Gasteiger partial charge < -0.3 is 39.0 Å². The Morgan fingerprint density at radius 1 is 0.426 bits per heavy atom. The number of carbonyl (C=O) groups is 7. The first-order valence-corrected chi connectivity index (χ1v) is 52.6. The number of ether oxygens (including phenoxy) is 1. The largest absolute Gasteiger partial charge is 0.436 e. The number of pyridine rings is 1. The Morgan fingerprint density at radius 3 is 1.23 bits per heavy atom. The first-order valence-electron chi connectivity index (χ1n) is 46.9. The molecular formula is C101H121F9N23O8S7+. The van der Waals surface area contributed by atoms with Crippen LogP contribution < -0.4 is 4.68 Å². The molecule has 1 saturated carbocycles. The van der Waals surface area contributed by atoms with Gasteiger partial charge in [0, 0.05) is 154 Å². The third-order valence-electron chi connectivity index (χ3n) is 22.5. The van der Waals surface area contributed by atoms with Crippen molar-refractivity contribution in [2.45, 2.75) is 138 Å². The van der Waals surface area contributed by atoms with E-state index in [4.69, 9.17) is 4.74 Å². The summed E-state index contributed by atoms with van der Waals surface area (Å²) in [5, 5.41) is 30.0. The molecule has 15 aromatic heterocycles. The smallest absolute Gasteiger partial charge is 0.379 e. The van der Waals surface area contributed by atoms with Gasteiger partial charge in [-0.25, -0.2) is 9.67 Å². The zero-order valence-corrected chi connectivity index (χ0v) is 92.1. The Kier molecular flexibility index (Phi) is 39.3. The fourth-order valence-corrected chi connectivity index (χ4v) is 22.1. The Labute approximate surface area is 880 Å².